The van der Waals surface area contributed by atoms with E-state index in [1.54, 1.807) is 0 Å². The van der Waals surface area contributed by atoms with Crippen LogP contribution in [0, 0.1) is 0 Å². The Balaban J connectivity index is 1.91. The minimum absolute atomic E-state index is 0.104. The highest BCUT2D eigenvalue weighted by molar-refractivity contribution is 6.91. The second kappa shape index (κ2) is 7.41. The molecular weight excluding hydrogens is 288 g/mol. The molecule has 3 heteroatoms. The van der Waals surface area contributed by atoms with E-state index in [9.17, 15) is 4.79 Å². The lowest BCUT2D eigenvalue weighted by Gasteiger charge is -2.29. The van der Waals surface area contributed by atoms with Crippen molar-refractivity contribution >= 4 is 19.2 Å². The molecule has 0 radical (unpaired) electrons. The van der Waals surface area contributed by atoms with Crippen LogP contribution >= 0.6 is 0 Å². The zero-order chi connectivity index (χ0) is 16.0. The molecule has 0 amide bonds. The third-order valence-electron chi connectivity index (χ3n) is 4.47. The first-order valence-corrected chi connectivity index (χ1v) is 10.8. The molecule has 0 saturated heterocycles. The molecule has 116 valence electrons. The Labute approximate surface area is 134 Å². The van der Waals surface area contributed by atoms with Gasteiger partial charge in [0.1, 0.15) is 6.61 Å². The van der Waals surface area contributed by atoms with E-state index in [-0.39, 0.29) is 5.97 Å². The van der Waals surface area contributed by atoms with Gasteiger partial charge in [-0.25, -0.2) is 0 Å². The van der Waals surface area contributed by atoms with E-state index in [4.69, 9.17) is 4.74 Å². The van der Waals surface area contributed by atoms with Crippen molar-refractivity contribution in [2.45, 2.75) is 38.6 Å². The van der Waals surface area contributed by atoms with Gasteiger partial charge in [-0.05, 0) is 11.1 Å². The van der Waals surface area contributed by atoms with E-state index in [1.165, 1.54) is 5.19 Å². The van der Waals surface area contributed by atoms with Gasteiger partial charge in [-0.15, -0.1) is 0 Å². The van der Waals surface area contributed by atoms with E-state index in [0.29, 0.717) is 18.6 Å². The van der Waals surface area contributed by atoms with E-state index in [0.717, 1.165) is 5.56 Å². The van der Waals surface area contributed by atoms with Gasteiger partial charge in [-0.2, -0.15) is 0 Å². The molecular formula is C19H24O2Si. The van der Waals surface area contributed by atoms with Gasteiger partial charge in [0.15, 0.2) is 0 Å². The molecule has 0 heterocycles. The fourth-order valence-electron chi connectivity index (χ4n) is 2.45. The van der Waals surface area contributed by atoms with Crippen molar-refractivity contribution in [3.05, 3.63) is 66.2 Å². The number of benzene rings is 2. The summed E-state index contributed by atoms with van der Waals surface area (Å²) in [5.74, 6) is -0.104. The van der Waals surface area contributed by atoms with E-state index in [2.05, 4.69) is 44.3 Å². The number of carbonyl (C=O) groups excluding carboxylic acids is 1. The molecule has 0 spiro atoms. The second-order valence-electron chi connectivity index (χ2n) is 6.34. The fourth-order valence-corrected chi connectivity index (χ4v) is 4.75. The molecule has 2 rings (SSSR count). The summed E-state index contributed by atoms with van der Waals surface area (Å²) in [4.78, 5) is 12.1. The Morgan fingerprint density at radius 1 is 1.00 bits per heavy atom. The first kappa shape index (κ1) is 16.5. The monoisotopic (exact) mass is 312 g/mol. The van der Waals surface area contributed by atoms with Gasteiger partial charge in [-0.3, -0.25) is 4.79 Å². The standard InChI is InChI=1S/C19H24O2Si/c1-16(22(2,3)18-12-8-5-9-13-18)14-19(20)21-15-17-10-6-4-7-11-17/h4-13,16H,14-15H2,1-3H3. The predicted octanol–water partition coefficient (Wildman–Crippen LogP) is 4.13. The highest BCUT2D eigenvalue weighted by Crippen LogP contribution is 2.25. The SMILES string of the molecule is CC(CC(=O)OCc1ccccc1)[Si](C)(C)c1ccccc1. The average Bonchev–Trinajstić information content (AvgIpc) is 2.54. The third kappa shape index (κ3) is 4.31. The van der Waals surface area contributed by atoms with Crippen LogP contribution in [-0.2, 0) is 16.1 Å². The molecule has 0 aliphatic rings. The van der Waals surface area contributed by atoms with Crippen molar-refractivity contribution < 1.29 is 9.53 Å². The molecule has 22 heavy (non-hydrogen) atoms. The maximum atomic E-state index is 12.1. The number of hydrogen-bond acceptors (Lipinski definition) is 2. The van der Waals surface area contributed by atoms with Crippen molar-refractivity contribution in [1.82, 2.24) is 0 Å². The van der Waals surface area contributed by atoms with Crippen molar-refractivity contribution in [2.75, 3.05) is 0 Å². The number of ether oxygens (including phenoxy) is 1. The normalized spacial score (nSPS) is 12.7. The zero-order valence-electron chi connectivity index (χ0n) is 13.6. The summed E-state index contributed by atoms with van der Waals surface area (Å²) in [6, 6.07) is 20.4. The maximum absolute atomic E-state index is 12.1. The van der Waals surface area contributed by atoms with Crippen LogP contribution in [0.4, 0.5) is 0 Å². The van der Waals surface area contributed by atoms with E-state index >= 15 is 0 Å². The molecule has 1 atom stereocenters. The molecule has 0 aliphatic heterocycles. The molecule has 0 saturated carbocycles. The number of rotatable bonds is 6. The molecule has 0 aliphatic carbocycles. The van der Waals surface area contributed by atoms with Crippen molar-refractivity contribution in [2.24, 2.45) is 0 Å². The average molecular weight is 312 g/mol. The molecule has 2 aromatic carbocycles. The minimum Gasteiger partial charge on any atom is -0.461 e. The topological polar surface area (TPSA) is 26.3 Å². The van der Waals surface area contributed by atoms with Crippen LogP contribution in [0.25, 0.3) is 0 Å². The minimum atomic E-state index is -1.65. The fraction of sp³-hybridized carbons (Fsp3) is 0.316. The Bertz CT molecular complexity index is 593. The summed E-state index contributed by atoms with van der Waals surface area (Å²) in [7, 11) is -1.65. The highest BCUT2D eigenvalue weighted by Gasteiger charge is 2.32. The van der Waals surface area contributed by atoms with Gasteiger partial charge in [0.25, 0.3) is 0 Å². The zero-order valence-corrected chi connectivity index (χ0v) is 14.6. The number of carbonyl (C=O) groups is 1. The Hall–Kier alpha value is -1.87. The summed E-state index contributed by atoms with van der Waals surface area (Å²) >= 11 is 0. The maximum Gasteiger partial charge on any atom is 0.306 e. The summed E-state index contributed by atoms with van der Waals surface area (Å²) in [5.41, 5.74) is 1.38. The van der Waals surface area contributed by atoms with E-state index in [1.807, 2.05) is 36.4 Å². The molecule has 0 N–H and O–H groups in total. The first-order valence-electron chi connectivity index (χ1n) is 7.75. The molecule has 0 fully saturated rings. The molecule has 0 aromatic heterocycles. The van der Waals surface area contributed by atoms with Gasteiger partial charge in [0, 0.05) is 6.42 Å². The molecule has 0 bridgehead atoms. The van der Waals surface area contributed by atoms with Crippen LogP contribution in [0.2, 0.25) is 18.6 Å². The van der Waals surface area contributed by atoms with Crippen LogP contribution < -0.4 is 5.19 Å². The van der Waals surface area contributed by atoms with Crippen LogP contribution in [0.15, 0.2) is 60.7 Å². The van der Waals surface area contributed by atoms with Gasteiger partial charge >= 0.3 is 5.97 Å². The predicted molar refractivity (Wildman–Crippen MR) is 93.8 cm³/mol. The number of esters is 1. The van der Waals surface area contributed by atoms with Gasteiger partial charge in [0.05, 0.1) is 8.07 Å². The molecule has 2 nitrogen and oxygen atoms in total. The lowest BCUT2D eigenvalue weighted by atomic mass is 10.2. The van der Waals surface area contributed by atoms with Crippen molar-refractivity contribution in [3.63, 3.8) is 0 Å². The van der Waals surface area contributed by atoms with E-state index < -0.39 is 8.07 Å². The lowest BCUT2D eigenvalue weighted by Crippen LogP contribution is -2.45. The van der Waals surface area contributed by atoms with Gasteiger partial charge < -0.3 is 4.74 Å². The largest absolute Gasteiger partial charge is 0.461 e. The van der Waals surface area contributed by atoms with Gasteiger partial charge in [0.2, 0.25) is 0 Å². The summed E-state index contributed by atoms with van der Waals surface area (Å²) in [5, 5.41) is 1.39. The third-order valence-corrected chi connectivity index (χ3v) is 8.95. The molecule has 2 aromatic rings. The quantitative estimate of drug-likeness (QED) is 0.592. The van der Waals surface area contributed by atoms with Crippen LogP contribution in [0.5, 0.6) is 0 Å². The second-order valence-corrected chi connectivity index (χ2v) is 11.3. The highest BCUT2D eigenvalue weighted by atomic mass is 28.3. The van der Waals surface area contributed by atoms with Gasteiger partial charge in [-0.1, -0.05) is 85.9 Å². The summed E-state index contributed by atoms with van der Waals surface area (Å²) in [6.07, 6.45) is 0.487. The first-order chi connectivity index (χ1) is 10.5. The summed E-state index contributed by atoms with van der Waals surface area (Å²) in [6.45, 7) is 7.16. The van der Waals surface area contributed by atoms with Crippen molar-refractivity contribution in [3.8, 4) is 0 Å². The summed E-state index contributed by atoms with van der Waals surface area (Å²) < 4.78 is 5.41. The number of hydrogen-bond donors (Lipinski definition) is 0. The lowest BCUT2D eigenvalue weighted by molar-refractivity contribution is -0.145. The Morgan fingerprint density at radius 2 is 1.55 bits per heavy atom. The molecule has 1 unspecified atom stereocenters. The van der Waals surface area contributed by atoms with Crippen LogP contribution in [0.1, 0.15) is 18.9 Å². The van der Waals surface area contributed by atoms with Crippen molar-refractivity contribution in [1.29, 1.82) is 0 Å². The smallest absolute Gasteiger partial charge is 0.306 e. The van der Waals surface area contributed by atoms with Crippen LogP contribution in [-0.4, -0.2) is 14.0 Å². The Morgan fingerprint density at radius 3 is 2.14 bits per heavy atom. The van der Waals surface area contributed by atoms with Crippen LogP contribution in [0.3, 0.4) is 0 Å². The Kier molecular flexibility index (Phi) is 5.55.